The Labute approximate surface area is 201 Å². The minimum absolute atomic E-state index is 0.0294. The van der Waals surface area contributed by atoms with Gasteiger partial charge < -0.3 is 25.2 Å². The molecule has 35 heavy (non-hydrogen) atoms. The Bertz CT molecular complexity index is 1210. The summed E-state index contributed by atoms with van der Waals surface area (Å²) in [5.41, 5.74) is 4.11. The molecule has 10 nitrogen and oxygen atoms in total. The van der Waals surface area contributed by atoms with Crippen molar-refractivity contribution in [1.29, 1.82) is 0 Å². The van der Waals surface area contributed by atoms with Crippen molar-refractivity contribution in [2.75, 3.05) is 25.6 Å². The quantitative estimate of drug-likeness (QED) is 0.431. The summed E-state index contributed by atoms with van der Waals surface area (Å²) in [5.74, 6) is -2.00. The van der Waals surface area contributed by atoms with Crippen LogP contribution in [0.4, 0.5) is 10.5 Å². The third kappa shape index (κ3) is 5.17. The SMILES string of the molecule is COCCC(NC(=O)OCC1c2ccccc2-c2ccccc21)C(=O)Nc1cn(C)nc1C(=O)O. The van der Waals surface area contributed by atoms with Gasteiger partial charge in [-0.1, -0.05) is 48.5 Å². The first-order valence-electron chi connectivity index (χ1n) is 11.1. The number of aromatic carboxylic acids is 1. The first kappa shape index (κ1) is 24.0. The van der Waals surface area contributed by atoms with Crippen LogP contribution in [0.25, 0.3) is 11.1 Å². The standard InChI is InChI=1S/C25H26N4O6/c1-29-13-21(22(28-29)24(31)32)26-23(30)20(11-12-34-2)27-25(33)35-14-19-17-9-5-3-7-15(17)16-8-4-6-10-18(16)19/h3-10,13,19-20H,11-12,14H2,1-2H3,(H,26,30)(H,27,33)(H,31,32). The zero-order chi connectivity index (χ0) is 24.9. The third-order valence-corrected chi connectivity index (χ3v) is 5.85. The van der Waals surface area contributed by atoms with Gasteiger partial charge in [0.05, 0.1) is 5.69 Å². The maximum absolute atomic E-state index is 12.9. The summed E-state index contributed by atoms with van der Waals surface area (Å²) in [6.45, 7) is 0.296. The number of methoxy groups -OCH3 is 1. The van der Waals surface area contributed by atoms with Gasteiger partial charge in [0.1, 0.15) is 12.6 Å². The van der Waals surface area contributed by atoms with E-state index in [1.54, 1.807) is 7.05 Å². The molecule has 3 N–H and O–H groups in total. The van der Waals surface area contributed by atoms with Crippen molar-refractivity contribution in [1.82, 2.24) is 15.1 Å². The number of benzene rings is 2. The van der Waals surface area contributed by atoms with E-state index in [9.17, 15) is 19.5 Å². The second-order valence-electron chi connectivity index (χ2n) is 8.16. The number of alkyl carbamates (subject to hydrolysis) is 1. The van der Waals surface area contributed by atoms with Gasteiger partial charge in [-0.3, -0.25) is 9.48 Å². The van der Waals surface area contributed by atoms with Gasteiger partial charge in [0.2, 0.25) is 5.91 Å². The van der Waals surface area contributed by atoms with Crippen LogP contribution in [-0.4, -0.2) is 59.2 Å². The van der Waals surface area contributed by atoms with Crippen molar-refractivity contribution in [3.63, 3.8) is 0 Å². The molecule has 1 atom stereocenters. The van der Waals surface area contributed by atoms with Crippen LogP contribution >= 0.6 is 0 Å². The van der Waals surface area contributed by atoms with Crippen LogP contribution in [0.1, 0.15) is 34.0 Å². The van der Waals surface area contributed by atoms with Gasteiger partial charge in [0.15, 0.2) is 5.69 Å². The lowest BCUT2D eigenvalue weighted by Crippen LogP contribution is -2.45. The van der Waals surface area contributed by atoms with Gasteiger partial charge in [0.25, 0.3) is 0 Å². The molecule has 0 radical (unpaired) electrons. The molecule has 3 aromatic rings. The Morgan fingerprint density at radius 1 is 1.09 bits per heavy atom. The molecule has 2 aromatic carbocycles. The Morgan fingerprint density at radius 3 is 2.31 bits per heavy atom. The average Bonchev–Trinajstić information content (AvgIpc) is 3.37. The molecule has 0 fully saturated rings. The molecule has 4 rings (SSSR count). The first-order chi connectivity index (χ1) is 16.9. The molecule has 0 aliphatic heterocycles. The topological polar surface area (TPSA) is 132 Å². The fourth-order valence-corrected chi connectivity index (χ4v) is 4.24. The second kappa shape index (κ2) is 10.4. The van der Waals surface area contributed by atoms with Crippen LogP contribution in [0, 0.1) is 0 Å². The molecule has 182 valence electrons. The highest BCUT2D eigenvalue weighted by molar-refractivity contribution is 6.01. The molecular weight excluding hydrogens is 452 g/mol. The fraction of sp³-hybridized carbons (Fsp3) is 0.280. The summed E-state index contributed by atoms with van der Waals surface area (Å²) in [5, 5.41) is 18.2. The van der Waals surface area contributed by atoms with E-state index in [2.05, 4.69) is 15.7 Å². The molecule has 1 unspecified atom stereocenters. The summed E-state index contributed by atoms with van der Waals surface area (Å²) < 4.78 is 11.9. The number of carboxylic acid groups (broad SMARTS) is 1. The maximum atomic E-state index is 12.9. The zero-order valence-corrected chi connectivity index (χ0v) is 19.4. The van der Waals surface area contributed by atoms with E-state index in [0.29, 0.717) is 0 Å². The molecule has 0 bridgehead atoms. The predicted octanol–water partition coefficient (Wildman–Crippen LogP) is 3.00. The van der Waals surface area contributed by atoms with Crippen molar-refractivity contribution < 1.29 is 29.0 Å². The van der Waals surface area contributed by atoms with Gasteiger partial charge in [-0.2, -0.15) is 5.10 Å². The lowest BCUT2D eigenvalue weighted by Gasteiger charge is -2.19. The predicted molar refractivity (Wildman–Crippen MR) is 127 cm³/mol. The number of aryl methyl sites for hydroxylation is 1. The van der Waals surface area contributed by atoms with Gasteiger partial charge >= 0.3 is 12.1 Å². The van der Waals surface area contributed by atoms with Gasteiger partial charge in [0, 0.05) is 39.3 Å². The van der Waals surface area contributed by atoms with Crippen LogP contribution in [0.5, 0.6) is 0 Å². The van der Waals surface area contributed by atoms with Gasteiger partial charge in [-0.05, 0) is 22.3 Å². The molecule has 1 aromatic heterocycles. The lowest BCUT2D eigenvalue weighted by atomic mass is 9.98. The number of carbonyl (C=O) groups is 3. The number of rotatable bonds is 9. The minimum Gasteiger partial charge on any atom is -0.476 e. The molecule has 1 aliphatic carbocycles. The minimum atomic E-state index is -1.28. The highest BCUT2D eigenvalue weighted by Gasteiger charge is 2.30. The number of nitrogens with zero attached hydrogens (tertiary/aromatic N) is 2. The Balaban J connectivity index is 1.43. The van der Waals surface area contributed by atoms with Gasteiger partial charge in [-0.15, -0.1) is 0 Å². The molecule has 2 amide bonds. The number of hydrogen-bond donors (Lipinski definition) is 3. The van der Waals surface area contributed by atoms with Crippen LogP contribution < -0.4 is 10.6 Å². The van der Waals surface area contributed by atoms with Crippen LogP contribution in [0.3, 0.4) is 0 Å². The Kier molecular flexibility index (Phi) is 7.11. The largest absolute Gasteiger partial charge is 0.476 e. The smallest absolute Gasteiger partial charge is 0.407 e. The third-order valence-electron chi connectivity index (χ3n) is 5.85. The van der Waals surface area contributed by atoms with E-state index in [4.69, 9.17) is 9.47 Å². The monoisotopic (exact) mass is 478 g/mol. The van der Waals surface area contributed by atoms with Crippen LogP contribution in [0.15, 0.2) is 54.7 Å². The highest BCUT2D eigenvalue weighted by atomic mass is 16.5. The number of carboxylic acids is 1. The molecule has 1 heterocycles. The fourth-order valence-electron chi connectivity index (χ4n) is 4.24. The summed E-state index contributed by atoms with van der Waals surface area (Å²) >= 11 is 0. The summed E-state index contributed by atoms with van der Waals surface area (Å²) in [7, 11) is 3.02. The average molecular weight is 479 g/mol. The Hall–Kier alpha value is -4.18. The number of aromatic nitrogens is 2. The molecule has 1 aliphatic rings. The molecule has 0 spiro atoms. The molecular formula is C25H26N4O6. The van der Waals surface area contributed by atoms with E-state index >= 15 is 0 Å². The van der Waals surface area contributed by atoms with E-state index < -0.39 is 24.0 Å². The first-order valence-corrected chi connectivity index (χ1v) is 11.1. The van der Waals surface area contributed by atoms with E-state index in [0.717, 1.165) is 22.3 Å². The summed E-state index contributed by atoms with van der Waals surface area (Å²) in [6, 6.07) is 15.0. The van der Waals surface area contributed by atoms with Crippen molar-refractivity contribution in [2.45, 2.75) is 18.4 Å². The van der Waals surface area contributed by atoms with E-state index in [1.165, 1.54) is 18.0 Å². The van der Waals surface area contributed by atoms with Crippen LogP contribution in [0.2, 0.25) is 0 Å². The number of nitrogens with one attached hydrogen (secondary N) is 2. The summed E-state index contributed by atoms with van der Waals surface area (Å²) in [6.07, 6.45) is 0.782. The van der Waals surface area contributed by atoms with E-state index in [-0.39, 0.29) is 36.9 Å². The number of hydrogen-bond acceptors (Lipinski definition) is 6. The van der Waals surface area contributed by atoms with E-state index in [1.807, 2.05) is 48.5 Å². The molecule has 0 saturated heterocycles. The number of fused-ring (bicyclic) bond motifs is 3. The van der Waals surface area contributed by atoms with Crippen molar-refractivity contribution in [3.8, 4) is 11.1 Å². The lowest BCUT2D eigenvalue weighted by molar-refractivity contribution is -0.118. The zero-order valence-electron chi connectivity index (χ0n) is 19.4. The van der Waals surface area contributed by atoms with Crippen molar-refractivity contribution >= 4 is 23.7 Å². The van der Waals surface area contributed by atoms with Crippen molar-refractivity contribution in [3.05, 3.63) is 71.5 Å². The van der Waals surface area contributed by atoms with Gasteiger partial charge in [-0.25, -0.2) is 9.59 Å². The normalized spacial score (nSPS) is 13.0. The number of anilines is 1. The number of ether oxygens (including phenoxy) is 2. The van der Waals surface area contributed by atoms with Crippen molar-refractivity contribution in [2.24, 2.45) is 7.05 Å². The second-order valence-corrected chi connectivity index (χ2v) is 8.16. The summed E-state index contributed by atoms with van der Waals surface area (Å²) in [4.78, 5) is 36.9. The number of carbonyl (C=O) groups excluding carboxylic acids is 2. The molecule has 10 heteroatoms. The van der Waals surface area contributed by atoms with Crippen LogP contribution in [-0.2, 0) is 21.3 Å². The Morgan fingerprint density at radius 2 is 1.71 bits per heavy atom. The number of amides is 2. The maximum Gasteiger partial charge on any atom is 0.407 e. The molecule has 0 saturated carbocycles. The highest BCUT2D eigenvalue weighted by Crippen LogP contribution is 2.44.